The smallest absolute Gasteiger partial charge is 0.0136 e. The molecule has 2 unspecified atom stereocenters. The molecule has 1 saturated carbocycles. The fraction of sp³-hybridized carbons (Fsp3) is 0.714. The molecule has 2 rings (SSSR count). The Morgan fingerprint density at radius 3 is 2.94 bits per heavy atom. The maximum atomic E-state index is 3.75. The Labute approximate surface area is 103 Å². The van der Waals surface area contributed by atoms with E-state index in [1.54, 1.807) is 5.56 Å². The van der Waals surface area contributed by atoms with Gasteiger partial charge in [-0.25, -0.2) is 0 Å². The second-order valence-corrected chi connectivity index (χ2v) is 5.64. The van der Waals surface area contributed by atoms with E-state index in [4.69, 9.17) is 0 Å². The number of hydrogen-bond donors (Lipinski definition) is 1. The van der Waals surface area contributed by atoms with E-state index >= 15 is 0 Å². The molecule has 1 heterocycles. The Morgan fingerprint density at radius 1 is 1.31 bits per heavy atom. The van der Waals surface area contributed by atoms with Crippen LogP contribution in [0.5, 0.6) is 0 Å². The van der Waals surface area contributed by atoms with Crippen molar-refractivity contribution in [3.63, 3.8) is 0 Å². The van der Waals surface area contributed by atoms with Gasteiger partial charge in [0.2, 0.25) is 0 Å². The molecular weight excluding hydrogens is 214 g/mol. The van der Waals surface area contributed by atoms with Gasteiger partial charge in [0.15, 0.2) is 0 Å². The molecule has 0 saturated heterocycles. The molecule has 2 atom stereocenters. The lowest BCUT2D eigenvalue weighted by Crippen LogP contribution is -2.34. The van der Waals surface area contributed by atoms with E-state index in [1.807, 2.05) is 11.3 Å². The summed E-state index contributed by atoms with van der Waals surface area (Å²) in [7, 11) is 0. The lowest BCUT2D eigenvalue weighted by molar-refractivity contribution is 0.411. The summed E-state index contributed by atoms with van der Waals surface area (Å²) in [5, 5.41) is 8.32. The molecule has 0 radical (unpaired) electrons. The van der Waals surface area contributed by atoms with Gasteiger partial charge in [-0.05, 0) is 48.2 Å². The average molecular weight is 237 g/mol. The lowest BCUT2D eigenvalue weighted by Gasteiger charge is -2.25. The summed E-state index contributed by atoms with van der Waals surface area (Å²) >= 11 is 1.84. The molecule has 2 heteroatoms. The molecule has 0 amide bonds. The molecule has 16 heavy (non-hydrogen) atoms. The van der Waals surface area contributed by atoms with Crippen LogP contribution in [0.15, 0.2) is 16.8 Å². The zero-order valence-corrected chi connectivity index (χ0v) is 11.1. The van der Waals surface area contributed by atoms with Crippen molar-refractivity contribution in [3.8, 4) is 0 Å². The van der Waals surface area contributed by atoms with Crippen LogP contribution in [0.2, 0.25) is 0 Å². The zero-order chi connectivity index (χ0) is 11.2. The summed E-state index contributed by atoms with van der Waals surface area (Å²) in [4.78, 5) is 0. The largest absolute Gasteiger partial charge is 0.313 e. The Balaban J connectivity index is 2.04. The van der Waals surface area contributed by atoms with Crippen molar-refractivity contribution in [3.05, 3.63) is 22.4 Å². The van der Waals surface area contributed by atoms with Crippen molar-refractivity contribution in [2.45, 2.75) is 57.4 Å². The van der Waals surface area contributed by atoms with Crippen molar-refractivity contribution < 1.29 is 0 Å². The third kappa shape index (κ3) is 3.08. The highest BCUT2D eigenvalue weighted by molar-refractivity contribution is 7.07. The fourth-order valence-corrected chi connectivity index (χ4v) is 3.49. The Hall–Kier alpha value is -0.340. The van der Waals surface area contributed by atoms with Crippen LogP contribution in [-0.4, -0.2) is 12.6 Å². The maximum absolute atomic E-state index is 3.75. The molecule has 1 N–H and O–H groups in total. The standard InChI is InChI=1S/C14H23NS/c1-2-9-15-14-7-5-3-4-6-13(14)12-8-10-16-11-12/h8,10-11,13-15H,2-7,9H2,1H3. The second-order valence-electron chi connectivity index (χ2n) is 4.86. The number of thiophene rings is 1. The second kappa shape index (κ2) is 6.41. The van der Waals surface area contributed by atoms with Gasteiger partial charge >= 0.3 is 0 Å². The minimum absolute atomic E-state index is 0.719. The first-order valence-corrected chi connectivity index (χ1v) is 7.61. The summed E-state index contributed by atoms with van der Waals surface area (Å²) in [6, 6.07) is 3.04. The van der Waals surface area contributed by atoms with E-state index in [1.165, 1.54) is 45.1 Å². The molecule has 0 bridgehead atoms. The van der Waals surface area contributed by atoms with Crippen LogP contribution in [0.1, 0.15) is 56.9 Å². The molecule has 0 aromatic carbocycles. The van der Waals surface area contributed by atoms with Gasteiger partial charge in [0.25, 0.3) is 0 Å². The van der Waals surface area contributed by atoms with Crippen LogP contribution in [0, 0.1) is 0 Å². The molecule has 1 nitrogen and oxygen atoms in total. The summed E-state index contributed by atoms with van der Waals surface area (Å²) in [6.07, 6.45) is 8.21. The first kappa shape index (κ1) is 12.1. The Bertz CT molecular complexity index is 281. The van der Waals surface area contributed by atoms with Crippen molar-refractivity contribution in [1.29, 1.82) is 0 Å². The van der Waals surface area contributed by atoms with Crippen molar-refractivity contribution in [2.24, 2.45) is 0 Å². The van der Waals surface area contributed by atoms with E-state index in [-0.39, 0.29) is 0 Å². The van der Waals surface area contributed by atoms with Gasteiger partial charge in [-0.1, -0.05) is 26.2 Å². The van der Waals surface area contributed by atoms with Crippen LogP contribution >= 0.6 is 11.3 Å². The van der Waals surface area contributed by atoms with Crippen molar-refractivity contribution in [1.82, 2.24) is 5.32 Å². The predicted molar refractivity (Wildman–Crippen MR) is 72.2 cm³/mol. The zero-order valence-electron chi connectivity index (χ0n) is 10.2. The quantitative estimate of drug-likeness (QED) is 0.775. The number of nitrogens with one attached hydrogen (secondary N) is 1. The third-order valence-electron chi connectivity index (χ3n) is 3.64. The van der Waals surface area contributed by atoms with Crippen LogP contribution in [0.3, 0.4) is 0 Å². The van der Waals surface area contributed by atoms with Crippen LogP contribution in [0.25, 0.3) is 0 Å². The number of rotatable bonds is 4. The molecular formula is C14H23NS. The van der Waals surface area contributed by atoms with Gasteiger partial charge in [-0.2, -0.15) is 11.3 Å². The minimum atomic E-state index is 0.719. The van der Waals surface area contributed by atoms with Gasteiger partial charge in [0.05, 0.1) is 0 Å². The van der Waals surface area contributed by atoms with Gasteiger partial charge in [-0.15, -0.1) is 0 Å². The SMILES string of the molecule is CCCNC1CCCCCC1c1ccsc1. The third-order valence-corrected chi connectivity index (χ3v) is 4.35. The highest BCUT2D eigenvalue weighted by atomic mass is 32.1. The molecule has 1 aliphatic rings. The summed E-state index contributed by atoms with van der Waals surface area (Å²) in [6.45, 7) is 3.43. The van der Waals surface area contributed by atoms with Crippen LogP contribution in [-0.2, 0) is 0 Å². The Kier molecular flexibility index (Phi) is 4.86. The van der Waals surface area contributed by atoms with E-state index in [9.17, 15) is 0 Å². The monoisotopic (exact) mass is 237 g/mol. The summed E-state index contributed by atoms with van der Waals surface area (Å²) in [5.41, 5.74) is 1.57. The topological polar surface area (TPSA) is 12.0 Å². The normalized spacial score (nSPS) is 26.6. The van der Waals surface area contributed by atoms with E-state index in [0.29, 0.717) is 0 Å². The summed E-state index contributed by atoms with van der Waals surface area (Å²) < 4.78 is 0. The van der Waals surface area contributed by atoms with Gasteiger partial charge in [0, 0.05) is 12.0 Å². The summed E-state index contributed by atoms with van der Waals surface area (Å²) in [5.74, 6) is 0.764. The molecule has 1 aliphatic carbocycles. The predicted octanol–water partition coefficient (Wildman–Crippen LogP) is 4.16. The van der Waals surface area contributed by atoms with Crippen LogP contribution < -0.4 is 5.32 Å². The van der Waals surface area contributed by atoms with E-state index in [2.05, 4.69) is 29.1 Å². The molecule has 90 valence electrons. The van der Waals surface area contributed by atoms with E-state index in [0.717, 1.165) is 12.0 Å². The minimum Gasteiger partial charge on any atom is -0.313 e. The van der Waals surface area contributed by atoms with Gasteiger partial charge < -0.3 is 5.32 Å². The Morgan fingerprint density at radius 2 is 2.19 bits per heavy atom. The highest BCUT2D eigenvalue weighted by Gasteiger charge is 2.24. The number of hydrogen-bond acceptors (Lipinski definition) is 2. The van der Waals surface area contributed by atoms with Crippen molar-refractivity contribution in [2.75, 3.05) is 6.54 Å². The highest BCUT2D eigenvalue weighted by Crippen LogP contribution is 2.33. The van der Waals surface area contributed by atoms with Crippen molar-refractivity contribution >= 4 is 11.3 Å². The molecule has 1 aromatic heterocycles. The van der Waals surface area contributed by atoms with Gasteiger partial charge in [-0.3, -0.25) is 0 Å². The fourth-order valence-electron chi connectivity index (χ4n) is 2.77. The van der Waals surface area contributed by atoms with E-state index < -0.39 is 0 Å². The average Bonchev–Trinajstić information content (AvgIpc) is 2.73. The van der Waals surface area contributed by atoms with Crippen LogP contribution in [0.4, 0.5) is 0 Å². The lowest BCUT2D eigenvalue weighted by atomic mass is 9.89. The molecule has 1 fully saturated rings. The maximum Gasteiger partial charge on any atom is 0.0136 e. The molecule has 0 spiro atoms. The van der Waals surface area contributed by atoms with Gasteiger partial charge in [0.1, 0.15) is 0 Å². The molecule has 1 aromatic rings. The first-order valence-electron chi connectivity index (χ1n) is 6.67. The molecule has 0 aliphatic heterocycles. The first-order chi connectivity index (χ1) is 7.92.